The number of ether oxygens (including phenoxy) is 1. The molecule has 0 aliphatic heterocycles. The summed E-state index contributed by atoms with van der Waals surface area (Å²) in [4.78, 5) is 34.9. The summed E-state index contributed by atoms with van der Waals surface area (Å²) in [5, 5.41) is 13.7. The minimum Gasteiger partial charge on any atom is -0.467 e. The van der Waals surface area contributed by atoms with Gasteiger partial charge in [-0.05, 0) is 50.5 Å². The Balaban J connectivity index is 2.23. The van der Waals surface area contributed by atoms with Crippen molar-refractivity contribution in [1.82, 2.24) is 10.0 Å². The van der Waals surface area contributed by atoms with Crippen molar-refractivity contribution in [2.45, 2.75) is 51.1 Å². The lowest BCUT2D eigenvalue weighted by atomic mass is 9.94. The van der Waals surface area contributed by atoms with Crippen molar-refractivity contribution >= 4 is 27.6 Å². The number of aryl methyl sites for hydroxylation is 3. The van der Waals surface area contributed by atoms with E-state index in [9.17, 15) is 28.1 Å². The van der Waals surface area contributed by atoms with Gasteiger partial charge >= 0.3 is 5.97 Å². The van der Waals surface area contributed by atoms with Crippen LogP contribution in [0.1, 0.15) is 29.2 Å². The van der Waals surface area contributed by atoms with Gasteiger partial charge in [-0.2, -0.15) is 4.72 Å². The number of nitrogens with zero attached hydrogens (tertiary/aromatic N) is 1. The third kappa shape index (κ3) is 6.36. The molecule has 0 aliphatic carbocycles. The molecule has 2 aromatic rings. The summed E-state index contributed by atoms with van der Waals surface area (Å²) in [6.45, 7) is 7.02. The monoisotopic (exact) mass is 477 g/mol. The van der Waals surface area contributed by atoms with Crippen LogP contribution in [-0.2, 0) is 30.8 Å². The fraction of sp³-hybridized carbons (Fsp3) is 0.364. The van der Waals surface area contributed by atoms with E-state index in [-0.39, 0.29) is 6.42 Å². The van der Waals surface area contributed by atoms with Gasteiger partial charge in [-0.15, -0.1) is 0 Å². The Bertz CT molecular complexity index is 1160. The first-order valence-electron chi connectivity index (χ1n) is 10.1. The van der Waals surface area contributed by atoms with Crippen LogP contribution in [0.3, 0.4) is 0 Å². The van der Waals surface area contributed by atoms with Gasteiger partial charge in [-0.3, -0.25) is 14.9 Å². The van der Waals surface area contributed by atoms with Crippen LogP contribution >= 0.6 is 0 Å². The van der Waals surface area contributed by atoms with Gasteiger partial charge in [0.2, 0.25) is 15.9 Å². The molecule has 11 heteroatoms. The molecule has 2 unspecified atom stereocenters. The molecule has 2 aromatic carbocycles. The van der Waals surface area contributed by atoms with Gasteiger partial charge in [0.15, 0.2) is 4.90 Å². The smallest absolute Gasteiger partial charge is 0.328 e. The van der Waals surface area contributed by atoms with E-state index in [1.54, 1.807) is 0 Å². The van der Waals surface area contributed by atoms with E-state index >= 15 is 0 Å². The van der Waals surface area contributed by atoms with Crippen LogP contribution in [0.25, 0.3) is 0 Å². The number of rotatable bonds is 9. The lowest BCUT2D eigenvalue weighted by Gasteiger charge is -2.22. The Hall–Kier alpha value is -3.31. The Morgan fingerprint density at radius 3 is 2.24 bits per heavy atom. The fourth-order valence-electron chi connectivity index (χ4n) is 3.55. The molecule has 10 nitrogen and oxygen atoms in total. The molecule has 33 heavy (non-hydrogen) atoms. The van der Waals surface area contributed by atoms with Crippen LogP contribution < -0.4 is 10.0 Å². The molecule has 2 atom stereocenters. The number of hydrogen-bond donors (Lipinski definition) is 2. The maximum atomic E-state index is 12.7. The number of carbonyl (C=O) groups is 2. The summed E-state index contributed by atoms with van der Waals surface area (Å²) < 4.78 is 32.3. The molecule has 0 spiro atoms. The SMILES string of the molecule is COC(=O)C(Cc1c(C)cc(C)cc1C)NC(=O)C(C)NS(=O)(=O)c1ccccc1[N+](=O)[O-]. The van der Waals surface area contributed by atoms with E-state index in [1.165, 1.54) is 26.2 Å². The highest BCUT2D eigenvalue weighted by molar-refractivity contribution is 7.89. The Kier molecular flexibility index (Phi) is 8.29. The van der Waals surface area contributed by atoms with Gasteiger partial charge in [-0.1, -0.05) is 29.8 Å². The molecule has 0 aromatic heterocycles. The molecule has 178 valence electrons. The molecular formula is C22H27N3O7S. The van der Waals surface area contributed by atoms with Gasteiger partial charge in [0.05, 0.1) is 18.1 Å². The molecule has 0 radical (unpaired) electrons. The van der Waals surface area contributed by atoms with Crippen molar-refractivity contribution in [2.75, 3.05) is 7.11 Å². The highest BCUT2D eigenvalue weighted by atomic mass is 32.2. The van der Waals surface area contributed by atoms with E-state index in [2.05, 4.69) is 10.0 Å². The molecule has 0 heterocycles. The van der Waals surface area contributed by atoms with Crippen LogP contribution in [0.5, 0.6) is 0 Å². The van der Waals surface area contributed by atoms with E-state index in [4.69, 9.17) is 4.74 Å². The number of nitrogens with one attached hydrogen (secondary N) is 2. The molecule has 1 amide bonds. The number of methoxy groups -OCH3 is 1. The molecule has 0 aliphatic rings. The maximum absolute atomic E-state index is 12.7. The maximum Gasteiger partial charge on any atom is 0.328 e. The number of esters is 1. The van der Waals surface area contributed by atoms with E-state index < -0.39 is 49.5 Å². The summed E-state index contributed by atoms with van der Waals surface area (Å²) in [5.41, 5.74) is 3.20. The van der Waals surface area contributed by atoms with E-state index in [0.717, 1.165) is 34.4 Å². The summed E-state index contributed by atoms with van der Waals surface area (Å²) in [7, 11) is -3.20. The Morgan fingerprint density at radius 1 is 1.12 bits per heavy atom. The molecule has 0 bridgehead atoms. The van der Waals surface area contributed by atoms with Crippen LogP contribution in [0, 0.1) is 30.9 Å². The third-order valence-corrected chi connectivity index (χ3v) is 6.72. The number of para-hydroxylation sites is 1. The van der Waals surface area contributed by atoms with Crippen LogP contribution in [0.4, 0.5) is 5.69 Å². The zero-order valence-electron chi connectivity index (χ0n) is 19.0. The highest BCUT2D eigenvalue weighted by Crippen LogP contribution is 2.23. The lowest BCUT2D eigenvalue weighted by Crippen LogP contribution is -2.51. The van der Waals surface area contributed by atoms with E-state index in [1.807, 2.05) is 32.9 Å². The van der Waals surface area contributed by atoms with Crippen LogP contribution in [0.15, 0.2) is 41.3 Å². The van der Waals surface area contributed by atoms with Crippen LogP contribution in [0.2, 0.25) is 0 Å². The van der Waals surface area contributed by atoms with Gasteiger partial charge in [-0.25, -0.2) is 13.2 Å². The second-order valence-corrected chi connectivity index (χ2v) is 9.42. The summed E-state index contributed by atoms with van der Waals surface area (Å²) in [6.07, 6.45) is 0.153. The number of hydrogen-bond acceptors (Lipinski definition) is 7. The van der Waals surface area contributed by atoms with Crippen molar-refractivity contribution in [3.8, 4) is 0 Å². The summed E-state index contributed by atoms with van der Waals surface area (Å²) >= 11 is 0. The first-order chi connectivity index (χ1) is 15.4. The number of sulfonamides is 1. The fourth-order valence-corrected chi connectivity index (χ4v) is 4.93. The zero-order chi connectivity index (χ0) is 24.9. The average Bonchev–Trinajstić information content (AvgIpc) is 2.74. The number of nitro groups is 1. The van der Waals surface area contributed by atoms with Crippen molar-refractivity contribution in [3.63, 3.8) is 0 Å². The Labute approximate surface area is 192 Å². The second-order valence-electron chi connectivity index (χ2n) is 7.73. The first kappa shape index (κ1) is 25.9. The molecular weight excluding hydrogens is 450 g/mol. The third-order valence-electron chi connectivity index (χ3n) is 5.13. The van der Waals surface area contributed by atoms with Crippen molar-refractivity contribution < 1.29 is 27.7 Å². The quantitative estimate of drug-likeness (QED) is 0.319. The number of amides is 1. The Morgan fingerprint density at radius 2 is 1.70 bits per heavy atom. The average molecular weight is 478 g/mol. The van der Waals surface area contributed by atoms with Crippen molar-refractivity contribution in [2.24, 2.45) is 0 Å². The zero-order valence-corrected chi connectivity index (χ0v) is 19.9. The number of benzene rings is 2. The predicted octanol–water partition coefficient (Wildman–Crippen LogP) is 2.09. The largest absolute Gasteiger partial charge is 0.467 e. The van der Waals surface area contributed by atoms with E-state index in [0.29, 0.717) is 0 Å². The molecule has 0 saturated carbocycles. The van der Waals surface area contributed by atoms with Crippen molar-refractivity contribution in [3.05, 3.63) is 68.8 Å². The minimum atomic E-state index is -4.39. The summed E-state index contributed by atoms with van der Waals surface area (Å²) in [5.74, 6) is -1.47. The van der Waals surface area contributed by atoms with Gasteiger partial charge in [0.25, 0.3) is 5.69 Å². The standard InChI is InChI=1S/C22H27N3O7S/c1-13-10-14(2)17(15(3)11-13)12-18(22(27)32-5)23-21(26)16(4)24-33(30,31)20-9-7-6-8-19(20)25(28)29/h6-11,16,18,24H,12H2,1-5H3,(H,23,26). The second kappa shape index (κ2) is 10.5. The van der Waals surface area contributed by atoms with Gasteiger partial charge in [0, 0.05) is 12.5 Å². The lowest BCUT2D eigenvalue weighted by molar-refractivity contribution is -0.387. The predicted molar refractivity (Wildman–Crippen MR) is 121 cm³/mol. The normalized spacial score (nSPS) is 13.1. The first-order valence-corrected chi connectivity index (χ1v) is 11.6. The summed E-state index contributed by atoms with van der Waals surface area (Å²) in [6, 6.07) is 6.35. The molecule has 0 saturated heterocycles. The van der Waals surface area contributed by atoms with Gasteiger partial charge in [0.1, 0.15) is 6.04 Å². The van der Waals surface area contributed by atoms with Crippen LogP contribution in [-0.4, -0.2) is 44.4 Å². The minimum absolute atomic E-state index is 0.153. The topological polar surface area (TPSA) is 145 Å². The molecule has 2 N–H and O–H groups in total. The molecule has 0 fully saturated rings. The number of carbonyl (C=O) groups excluding carboxylic acids is 2. The highest BCUT2D eigenvalue weighted by Gasteiger charge is 2.31. The number of nitro benzene ring substituents is 1. The van der Waals surface area contributed by atoms with Crippen molar-refractivity contribution in [1.29, 1.82) is 0 Å². The van der Waals surface area contributed by atoms with Gasteiger partial charge < -0.3 is 10.1 Å². The molecule has 2 rings (SSSR count).